The van der Waals surface area contributed by atoms with Crippen molar-refractivity contribution in [1.82, 2.24) is 5.32 Å². The van der Waals surface area contributed by atoms with Gasteiger partial charge in [0.05, 0.1) is 19.3 Å². The number of ether oxygens (including phenoxy) is 2. The lowest BCUT2D eigenvalue weighted by Gasteiger charge is -2.18. The third-order valence-corrected chi connectivity index (χ3v) is 3.62. The Hall–Kier alpha value is -1.30. The summed E-state index contributed by atoms with van der Waals surface area (Å²) in [4.78, 5) is 12.1. The van der Waals surface area contributed by atoms with E-state index in [2.05, 4.69) is 5.32 Å². The molecule has 0 bridgehead atoms. The lowest BCUT2D eigenvalue weighted by atomic mass is 10.1. The third kappa shape index (κ3) is 4.59. The van der Waals surface area contributed by atoms with E-state index in [4.69, 9.17) is 15.2 Å². The second-order valence-corrected chi connectivity index (χ2v) is 5.07. The van der Waals surface area contributed by atoms with Crippen molar-refractivity contribution in [2.45, 2.75) is 38.0 Å². The molecule has 5 nitrogen and oxygen atoms in total. The summed E-state index contributed by atoms with van der Waals surface area (Å²) in [5, 5.41) is 2.97. The van der Waals surface area contributed by atoms with Crippen LogP contribution in [0.5, 0.6) is 5.75 Å². The predicted octanol–water partition coefficient (Wildman–Crippen LogP) is 1.80. The first kappa shape index (κ1) is 17.8. The summed E-state index contributed by atoms with van der Waals surface area (Å²) in [5.41, 5.74) is 6.56. The van der Waals surface area contributed by atoms with Gasteiger partial charge in [0.1, 0.15) is 11.9 Å². The van der Waals surface area contributed by atoms with Gasteiger partial charge in [0.15, 0.2) is 0 Å². The van der Waals surface area contributed by atoms with E-state index in [0.29, 0.717) is 6.54 Å². The summed E-state index contributed by atoms with van der Waals surface area (Å²) in [6.45, 7) is 2.41. The Kier molecular flexibility index (Phi) is 6.95. The van der Waals surface area contributed by atoms with Gasteiger partial charge in [0.25, 0.3) is 0 Å². The van der Waals surface area contributed by atoms with Crippen molar-refractivity contribution in [2.24, 2.45) is 5.73 Å². The van der Waals surface area contributed by atoms with Crippen molar-refractivity contribution in [1.29, 1.82) is 0 Å². The zero-order valence-electron chi connectivity index (χ0n) is 12.4. The van der Waals surface area contributed by atoms with Crippen molar-refractivity contribution >= 4 is 18.3 Å². The van der Waals surface area contributed by atoms with Crippen LogP contribution in [0, 0.1) is 0 Å². The number of rotatable bonds is 5. The van der Waals surface area contributed by atoms with E-state index in [9.17, 15) is 4.79 Å². The fourth-order valence-electron chi connectivity index (χ4n) is 2.37. The molecule has 3 atom stereocenters. The lowest BCUT2D eigenvalue weighted by molar-refractivity contribution is -0.132. The summed E-state index contributed by atoms with van der Waals surface area (Å²) in [6.07, 6.45) is 1.22. The zero-order valence-corrected chi connectivity index (χ0v) is 13.2. The average Bonchev–Trinajstić information content (AvgIpc) is 2.96. The van der Waals surface area contributed by atoms with E-state index in [0.717, 1.165) is 24.2 Å². The third-order valence-electron chi connectivity index (χ3n) is 3.62. The molecule has 1 aliphatic heterocycles. The first-order valence-corrected chi connectivity index (χ1v) is 6.94. The van der Waals surface area contributed by atoms with Crippen molar-refractivity contribution < 1.29 is 14.3 Å². The van der Waals surface area contributed by atoms with Crippen LogP contribution in [0.3, 0.4) is 0 Å². The monoisotopic (exact) mass is 314 g/mol. The van der Waals surface area contributed by atoms with E-state index < -0.39 is 0 Å². The molecule has 0 saturated carbocycles. The summed E-state index contributed by atoms with van der Waals surface area (Å²) >= 11 is 0. The maximum Gasteiger partial charge on any atom is 0.249 e. The number of hydrogen-bond acceptors (Lipinski definition) is 4. The van der Waals surface area contributed by atoms with E-state index in [1.807, 2.05) is 31.2 Å². The van der Waals surface area contributed by atoms with Crippen molar-refractivity contribution in [3.8, 4) is 5.75 Å². The van der Waals surface area contributed by atoms with Gasteiger partial charge in [-0.1, -0.05) is 12.1 Å². The van der Waals surface area contributed by atoms with E-state index in [1.54, 1.807) is 7.11 Å². The first-order chi connectivity index (χ1) is 9.63. The Morgan fingerprint density at radius 1 is 1.52 bits per heavy atom. The largest absolute Gasteiger partial charge is 0.497 e. The van der Waals surface area contributed by atoms with Crippen LogP contribution in [-0.2, 0) is 9.53 Å². The van der Waals surface area contributed by atoms with Gasteiger partial charge in [0, 0.05) is 6.54 Å². The van der Waals surface area contributed by atoms with Gasteiger partial charge in [-0.2, -0.15) is 0 Å². The smallest absolute Gasteiger partial charge is 0.249 e. The highest BCUT2D eigenvalue weighted by atomic mass is 35.5. The second-order valence-electron chi connectivity index (χ2n) is 5.07. The highest BCUT2D eigenvalue weighted by Gasteiger charge is 2.30. The maximum absolute atomic E-state index is 12.1. The summed E-state index contributed by atoms with van der Waals surface area (Å²) in [6, 6.07) is 7.59. The molecule has 0 spiro atoms. The van der Waals surface area contributed by atoms with Crippen molar-refractivity contribution in [3.05, 3.63) is 29.8 Å². The maximum atomic E-state index is 12.1. The minimum atomic E-state index is -0.378. The lowest BCUT2D eigenvalue weighted by Crippen LogP contribution is -2.37. The minimum absolute atomic E-state index is 0. The standard InChI is InChI=1S/C15H22N2O3.ClH/c1-10(11-4-3-5-12(8-11)19-2)17-15(18)14-7-6-13(9-16)20-14;/h3-5,8,10,13-14H,6-7,9,16H2,1-2H3,(H,17,18);1H/t10?,13-,14+;/m1./s1. The van der Waals surface area contributed by atoms with Crippen LogP contribution in [0.2, 0.25) is 0 Å². The molecule has 0 aliphatic carbocycles. The van der Waals surface area contributed by atoms with Crippen LogP contribution in [0.25, 0.3) is 0 Å². The van der Waals surface area contributed by atoms with Gasteiger partial charge in [-0.15, -0.1) is 12.4 Å². The number of nitrogens with one attached hydrogen (secondary N) is 1. The molecule has 1 unspecified atom stereocenters. The Bertz CT molecular complexity index is 470. The molecule has 1 aliphatic rings. The molecule has 1 aromatic rings. The molecule has 1 heterocycles. The normalized spacial score (nSPS) is 22.2. The van der Waals surface area contributed by atoms with Crippen LogP contribution < -0.4 is 15.8 Å². The molecule has 6 heteroatoms. The number of halogens is 1. The molecule has 1 aromatic carbocycles. The SMILES string of the molecule is COc1cccc(C(C)NC(=O)[C@@H]2CC[C@H](CN)O2)c1.Cl. The summed E-state index contributed by atoms with van der Waals surface area (Å²) < 4.78 is 10.8. The molecule has 21 heavy (non-hydrogen) atoms. The number of amides is 1. The van der Waals surface area contributed by atoms with E-state index in [1.165, 1.54) is 0 Å². The summed E-state index contributed by atoms with van der Waals surface area (Å²) in [7, 11) is 1.63. The van der Waals surface area contributed by atoms with Gasteiger partial charge in [-0.3, -0.25) is 4.79 Å². The van der Waals surface area contributed by atoms with Crippen LogP contribution in [0.1, 0.15) is 31.4 Å². The number of nitrogens with two attached hydrogens (primary N) is 1. The molecule has 0 radical (unpaired) electrons. The zero-order chi connectivity index (χ0) is 14.5. The van der Waals surface area contributed by atoms with Crippen molar-refractivity contribution in [3.63, 3.8) is 0 Å². The fourth-order valence-corrected chi connectivity index (χ4v) is 2.37. The first-order valence-electron chi connectivity index (χ1n) is 6.94. The van der Waals surface area contributed by atoms with Gasteiger partial charge in [-0.25, -0.2) is 0 Å². The predicted molar refractivity (Wildman–Crippen MR) is 83.7 cm³/mol. The second kappa shape index (κ2) is 8.22. The molecule has 1 fully saturated rings. The number of hydrogen-bond donors (Lipinski definition) is 2. The average molecular weight is 315 g/mol. The number of methoxy groups -OCH3 is 1. The van der Waals surface area contributed by atoms with Crippen molar-refractivity contribution in [2.75, 3.05) is 13.7 Å². The number of carbonyl (C=O) groups excluding carboxylic acids is 1. The molecule has 0 aromatic heterocycles. The number of benzene rings is 1. The highest BCUT2D eigenvalue weighted by Crippen LogP contribution is 2.22. The van der Waals surface area contributed by atoms with E-state index >= 15 is 0 Å². The van der Waals surface area contributed by atoms with E-state index in [-0.39, 0.29) is 36.6 Å². The molecule has 1 amide bonds. The van der Waals surface area contributed by atoms with Crippen LogP contribution >= 0.6 is 12.4 Å². The molecule has 2 rings (SSSR count). The van der Waals surface area contributed by atoms with Gasteiger partial charge >= 0.3 is 0 Å². The molecular formula is C15H23ClN2O3. The number of carbonyl (C=O) groups is 1. The summed E-state index contributed by atoms with van der Waals surface area (Å²) in [5.74, 6) is 0.709. The fraction of sp³-hybridized carbons (Fsp3) is 0.533. The highest BCUT2D eigenvalue weighted by molar-refractivity contribution is 5.85. The minimum Gasteiger partial charge on any atom is -0.497 e. The Balaban J connectivity index is 0.00000220. The quantitative estimate of drug-likeness (QED) is 0.869. The topological polar surface area (TPSA) is 73.6 Å². The van der Waals surface area contributed by atoms with Gasteiger partial charge in [0.2, 0.25) is 5.91 Å². The Morgan fingerprint density at radius 3 is 2.90 bits per heavy atom. The molecular weight excluding hydrogens is 292 g/mol. The Morgan fingerprint density at radius 2 is 2.29 bits per heavy atom. The van der Waals surface area contributed by atoms with Crippen LogP contribution in [0.15, 0.2) is 24.3 Å². The molecule has 1 saturated heterocycles. The molecule has 3 N–H and O–H groups in total. The molecule has 118 valence electrons. The Labute approximate surface area is 131 Å². The van der Waals surface area contributed by atoms with Crippen LogP contribution in [-0.4, -0.2) is 31.8 Å². The van der Waals surface area contributed by atoms with Gasteiger partial charge in [-0.05, 0) is 37.5 Å². The van der Waals surface area contributed by atoms with Gasteiger partial charge < -0.3 is 20.5 Å². The van der Waals surface area contributed by atoms with Crippen LogP contribution in [0.4, 0.5) is 0 Å².